The Kier molecular flexibility index (Phi) is 6.49. The predicted octanol–water partition coefficient (Wildman–Crippen LogP) is 11.2. The number of rotatable bonds is 4. The van der Waals surface area contributed by atoms with Gasteiger partial charge in [0.1, 0.15) is 0 Å². The van der Waals surface area contributed by atoms with Crippen LogP contribution in [0.4, 0.5) is 0 Å². The molecular weight excluding hydrogens is 643 g/mol. The van der Waals surface area contributed by atoms with Gasteiger partial charge in [-0.3, -0.25) is 0 Å². The first-order valence-electron chi connectivity index (χ1n) is 18.1. The van der Waals surface area contributed by atoms with E-state index in [4.69, 9.17) is 0 Å². The van der Waals surface area contributed by atoms with Crippen LogP contribution in [0, 0.1) is 0 Å². The van der Waals surface area contributed by atoms with Crippen LogP contribution in [0.3, 0.4) is 0 Å². The second kappa shape index (κ2) is 11.5. The van der Waals surface area contributed by atoms with Crippen molar-refractivity contribution in [2.24, 2.45) is 0 Å². The van der Waals surface area contributed by atoms with Crippen molar-refractivity contribution in [2.45, 2.75) is 0 Å². The molecule has 0 aliphatic carbocycles. The molecule has 11 rings (SSSR count). The van der Waals surface area contributed by atoms with Gasteiger partial charge in [-0.1, -0.05) is 156 Å². The van der Waals surface area contributed by atoms with Crippen LogP contribution in [0.25, 0.3) is 93.5 Å². The van der Waals surface area contributed by atoms with Gasteiger partial charge in [0.05, 0.1) is 20.6 Å². The lowest BCUT2D eigenvalue weighted by Crippen LogP contribution is -2.21. The van der Waals surface area contributed by atoms with Gasteiger partial charge in [-0.05, 0) is 109 Å². The summed E-state index contributed by atoms with van der Waals surface area (Å²) in [5, 5.41) is 10.9. The Morgan fingerprint density at radius 1 is 0.308 bits per heavy atom. The van der Waals surface area contributed by atoms with Gasteiger partial charge in [-0.25, -0.2) is 0 Å². The van der Waals surface area contributed by atoms with Crippen LogP contribution in [-0.2, 0) is 0 Å². The minimum atomic E-state index is -0.688. The molecule has 0 amide bonds. The number of hydrogen-bond donors (Lipinski definition) is 0. The molecule has 0 unspecified atom stereocenters. The molecule has 0 N–H and O–H groups in total. The molecule has 1 aliphatic rings. The summed E-state index contributed by atoms with van der Waals surface area (Å²) in [5.41, 5.74) is 14.1. The fraction of sp³-hybridized carbons (Fsp3) is 0. The van der Waals surface area contributed by atoms with Crippen molar-refractivity contribution >= 4 is 63.2 Å². The SMILES string of the molecule is c1ccc(-c2ccc3c(c2)c2cc(-c4ccccc4)ccc2n3-c2ccc3c(c2)[SiH2]c2cc(-c4cc5ccccc5c5ccccc45)ccc2-3)cc1. The Morgan fingerprint density at radius 3 is 1.52 bits per heavy atom. The molecule has 0 atom stereocenters. The van der Waals surface area contributed by atoms with E-state index < -0.39 is 9.52 Å². The second-order valence-corrected chi connectivity index (χ2v) is 16.0. The molecule has 0 fully saturated rings. The largest absolute Gasteiger partial charge is 0.309 e. The van der Waals surface area contributed by atoms with Crippen molar-refractivity contribution < 1.29 is 0 Å². The molecular formula is C50H33NSi. The molecule has 9 aromatic carbocycles. The van der Waals surface area contributed by atoms with Gasteiger partial charge >= 0.3 is 0 Å². The molecule has 0 bridgehead atoms. The van der Waals surface area contributed by atoms with E-state index in [9.17, 15) is 0 Å². The monoisotopic (exact) mass is 675 g/mol. The standard InChI is InChI=1S/C50H33NSi/c1-3-11-32(12-4-1)34-20-25-47-45(27-34)46-28-35(33-13-5-2-6-14-33)21-26-48(46)51(47)38-22-24-43-42-23-19-37(30-49(42)52-50(43)31-38)44-29-36-15-7-8-16-39(36)40-17-9-10-18-41(40)44/h1-31H,52H2. The molecule has 2 heteroatoms. The molecule has 2 heterocycles. The summed E-state index contributed by atoms with van der Waals surface area (Å²) >= 11 is 0. The lowest BCUT2D eigenvalue weighted by Gasteiger charge is -2.12. The van der Waals surface area contributed by atoms with Crippen molar-refractivity contribution in [3.8, 4) is 50.2 Å². The first-order valence-corrected chi connectivity index (χ1v) is 19.5. The highest BCUT2D eigenvalue weighted by molar-refractivity contribution is 6.73. The average Bonchev–Trinajstić information content (AvgIpc) is 3.75. The van der Waals surface area contributed by atoms with Gasteiger partial charge in [0.2, 0.25) is 0 Å². The minimum Gasteiger partial charge on any atom is -0.309 e. The molecule has 0 radical (unpaired) electrons. The van der Waals surface area contributed by atoms with Gasteiger partial charge < -0.3 is 4.57 Å². The highest BCUT2D eigenvalue weighted by Gasteiger charge is 2.22. The lowest BCUT2D eigenvalue weighted by atomic mass is 9.92. The number of nitrogens with zero attached hydrogens (tertiary/aromatic N) is 1. The molecule has 0 saturated carbocycles. The molecule has 1 aliphatic heterocycles. The minimum absolute atomic E-state index is 0.688. The summed E-state index contributed by atoms with van der Waals surface area (Å²) in [5.74, 6) is 0. The van der Waals surface area contributed by atoms with Gasteiger partial charge in [0.15, 0.2) is 0 Å². The molecule has 0 saturated heterocycles. The van der Waals surface area contributed by atoms with Crippen molar-refractivity contribution in [1.82, 2.24) is 4.57 Å². The normalized spacial score (nSPS) is 12.6. The number of hydrogen-bond acceptors (Lipinski definition) is 0. The Morgan fingerprint density at radius 2 is 0.846 bits per heavy atom. The van der Waals surface area contributed by atoms with E-state index in [0.29, 0.717) is 0 Å². The van der Waals surface area contributed by atoms with E-state index >= 15 is 0 Å². The van der Waals surface area contributed by atoms with E-state index in [1.54, 1.807) is 0 Å². The van der Waals surface area contributed by atoms with E-state index in [2.05, 4.69) is 193 Å². The van der Waals surface area contributed by atoms with Crippen LogP contribution in [0.1, 0.15) is 0 Å². The zero-order valence-corrected chi connectivity index (χ0v) is 30.0. The fourth-order valence-corrected chi connectivity index (χ4v) is 10.8. The van der Waals surface area contributed by atoms with Crippen LogP contribution in [0.15, 0.2) is 188 Å². The summed E-state index contributed by atoms with van der Waals surface area (Å²) in [6.07, 6.45) is 0. The summed E-state index contributed by atoms with van der Waals surface area (Å²) in [4.78, 5) is 0. The third-order valence-electron chi connectivity index (χ3n) is 11.2. The molecule has 52 heavy (non-hydrogen) atoms. The maximum atomic E-state index is 2.49. The highest BCUT2D eigenvalue weighted by Crippen LogP contribution is 2.39. The van der Waals surface area contributed by atoms with Gasteiger partial charge in [0.25, 0.3) is 0 Å². The lowest BCUT2D eigenvalue weighted by molar-refractivity contribution is 1.18. The zero-order valence-electron chi connectivity index (χ0n) is 28.6. The van der Waals surface area contributed by atoms with Crippen molar-refractivity contribution in [3.63, 3.8) is 0 Å². The maximum absolute atomic E-state index is 2.49. The number of aromatic nitrogens is 1. The van der Waals surface area contributed by atoms with Crippen molar-refractivity contribution in [3.05, 3.63) is 188 Å². The van der Waals surface area contributed by atoms with Crippen molar-refractivity contribution in [2.75, 3.05) is 0 Å². The molecule has 1 aromatic heterocycles. The number of fused-ring (bicyclic) bond motifs is 9. The van der Waals surface area contributed by atoms with E-state index in [-0.39, 0.29) is 0 Å². The summed E-state index contributed by atoms with van der Waals surface area (Å²) in [6.45, 7) is 0. The van der Waals surface area contributed by atoms with Gasteiger partial charge in [0, 0.05) is 16.5 Å². The fourth-order valence-electron chi connectivity index (χ4n) is 8.72. The van der Waals surface area contributed by atoms with Crippen LogP contribution >= 0.6 is 0 Å². The highest BCUT2D eigenvalue weighted by atomic mass is 28.2. The van der Waals surface area contributed by atoms with Crippen LogP contribution in [0.5, 0.6) is 0 Å². The van der Waals surface area contributed by atoms with Crippen LogP contribution < -0.4 is 10.4 Å². The number of benzene rings is 9. The Bertz CT molecular complexity index is 2930. The predicted molar refractivity (Wildman–Crippen MR) is 225 cm³/mol. The smallest absolute Gasteiger partial charge is 0.0892 e. The van der Waals surface area contributed by atoms with Crippen LogP contribution in [0.2, 0.25) is 0 Å². The third kappa shape index (κ3) is 4.55. The summed E-state index contributed by atoms with van der Waals surface area (Å²) < 4.78 is 2.48. The quantitative estimate of drug-likeness (QED) is 0.129. The zero-order chi connectivity index (χ0) is 34.2. The van der Waals surface area contributed by atoms with Crippen LogP contribution in [-0.4, -0.2) is 14.1 Å². The topological polar surface area (TPSA) is 4.93 Å². The van der Waals surface area contributed by atoms with Crippen molar-refractivity contribution in [1.29, 1.82) is 0 Å². The van der Waals surface area contributed by atoms with E-state index in [1.807, 2.05) is 0 Å². The average molecular weight is 676 g/mol. The molecule has 0 spiro atoms. The van der Waals surface area contributed by atoms with Gasteiger partial charge in [-0.15, -0.1) is 0 Å². The Labute approximate surface area is 304 Å². The summed E-state index contributed by atoms with van der Waals surface area (Å²) in [6, 6.07) is 69.9. The molecule has 10 aromatic rings. The van der Waals surface area contributed by atoms with Gasteiger partial charge in [-0.2, -0.15) is 0 Å². The third-order valence-corrected chi connectivity index (χ3v) is 13.1. The first-order chi connectivity index (χ1) is 25.8. The Hall–Kier alpha value is -6.48. The molecule has 1 nitrogen and oxygen atoms in total. The second-order valence-electron chi connectivity index (χ2n) is 14.1. The maximum Gasteiger partial charge on any atom is 0.0892 e. The Balaban J connectivity index is 1.04. The summed E-state index contributed by atoms with van der Waals surface area (Å²) in [7, 11) is -0.688. The first kappa shape index (κ1) is 29.3. The molecule has 242 valence electrons. The van der Waals surface area contributed by atoms with E-state index in [1.165, 1.54) is 104 Å². The van der Waals surface area contributed by atoms with E-state index in [0.717, 1.165) is 0 Å².